The average molecular weight is 238 g/mol. The lowest BCUT2D eigenvalue weighted by atomic mass is 10.0. The Morgan fingerprint density at radius 2 is 1.82 bits per heavy atom. The number of nitrogens with two attached hydrogens (primary N) is 1. The largest absolute Gasteiger partial charge is 0.354 e. The Bertz CT molecular complexity index is 351. The molecule has 0 heterocycles. The molecule has 1 aromatic carbocycles. The van der Waals surface area contributed by atoms with E-state index in [1.54, 1.807) is 14.2 Å². The fourth-order valence-electron chi connectivity index (χ4n) is 1.84. The van der Waals surface area contributed by atoms with Crippen molar-refractivity contribution >= 4 is 0 Å². The summed E-state index contributed by atoms with van der Waals surface area (Å²) in [6, 6.07) is 6.33. The van der Waals surface area contributed by atoms with Gasteiger partial charge in [0.15, 0.2) is 6.29 Å². The molecule has 0 saturated carbocycles. The molecule has 0 saturated heterocycles. The van der Waals surface area contributed by atoms with Crippen LogP contribution in [-0.2, 0) is 15.9 Å². The first kappa shape index (κ1) is 14.1. The van der Waals surface area contributed by atoms with Crippen molar-refractivity contribution in [3.05, 3.63) is 34.9 Å². The molecular formula is C13H22N2O2. The van der Waals surface area contributed by atoms with Gasteiger partial charge in [-0.05, 0) is 37.0 Å². The Morgan fingerprint density at radius 3 is 2.29 bits per heavy atom. The van der Waals surface area contributed by atoms with E-state index in [0.29, 0.717) is 0 Å². The van der Waals surface area contributed by atoms with E-state index in [2.05, 4.69) is 37.5 Å². The molecule has 0 amide bonds. The van der Waals surface area contributed by atoms with E-state index in [1.807, 2.05) is 0 Å². The van der Waals surface area contributed by atoms with Crippen LogP contribution in [0.1, 0.15) is 16.7 Å². The van der Waals surface area contributed by atoms with Gasteiger partial charge in [0.05, 0.1) is 6.04 Å². The molecule has 3 N–H and O–H groups in total. The van der Waals surface area contributed by atoms with Crippen molar-refractivity contribution in [1.29, 1.82) is 0 Å². The summed E-state index contributed by atoms with van der Waals surface area (Å²) in [5.74, 6) is 5.53. The highest BCUT2D eigenvalue weighted by atomic mass is 16.7. The summed E-state index contributed by atoms with van der Waals surface area (Å²) < 4.78 is 10.4. The van der Waals surface area contributed by atoms with Crippen LogP contribution in [0.2, 0.25) is 0 Å². The van der Waals surface area contributed by atoms with Gasteiger partial charge in [-0.1, -0.05) is 18.2 Å². The van der Waals surface area contributed by atoms with Crippen LogP contribution < -0.4 is 11.3 Å². The fraction of sp³-hybridized carbons (Fsp3) is 0.538. The normalized spacial score (nSPS) is 13.1. The Balaban J connectivity index is 2.76. The van der Waals surface area contributed by atoms with Gasteiger partial charge in [-0.3, -0.25) is 11.3 Å². The zero-order chi connectivity index (χ0) is 12.8. The zero-order valence-electron chi connectivity index (χ0n) is 11.0. The number of hydrogen-bond acceptors (Lipinski definition) is 4. The summed E-state index contributed by atoms with van der Waals surface area (Å²) in [6.07, 6.45) is 0.422. The lowest BCUT2D eigenvalue weighted by Crippen LogP contribution is -2.47. The van der Waals surface area contributed by atoms with E-state index in [4.69, 9.17) is 15.3 Å². The minimum atomic E-state index is -0.346. The van der Waals surface area contributed by atoms with Gasteiger partial charge in [0.1, 0.15) is 0 Å². The maximum atomic E-state index is 5.53. The van der Waals surface area contributed by atoms with Crippen LogP contribution in [0.15, 0.2) is 18.2 Å². The number of nitrogens with one attached hydrogen (secondary N) is 1. The highest BCUT2D eigenvalue weighted by Gasteiger charge is 2.19. The summed E-state index contributed by atoms with van der Waals surface area (Å²) in [5.41, 5.74) is 6.53. The van der Waals surface area contributed by atoms with E-state index in [9.17, 15) is 0 Å². The predicted molar refractivity (Wildman–Crippen MR) is 68.5 cm³/mol. The Labute approximate surface area is 103 Å². The van der Waals surface area contributed by atoms with Crippen molar-refractivity contribution in [2.45, 2.75) is 32.6 Å². The quantitative estimate of drug-likeness (QED) is 0.445. The SMILES string of the molecule is COC(OC)C(Cc1ccc(C)c(C)c1)NN. The maximum absolute atomic E-state index is 5.53. The van der Waals surface area contributed by atoms with E-state index >= 15 is 0 Å². The van der Waals surface area contributed by atoms with Crippen molar-refractivity contribution in [3.8, 4) is 0 Å². The molecule has 0 aliphatic carbocycles. The molecule has 0 radical (unpaired) electrons. The molecule has 96 valence electrons. The Morgan fingerprint density at radius 1 is 1.18 bits per heavy atom. The lowest BCUT2D eigenvalue weighted by Gasteiger charge is -2.24. The fourth-order valence-corrected chi connectivity index (χ4v) is 1.84. The smallest absolute Gasteiger partial charge is 0.173 e. The molecule has 0 aliphatic rings. The maximum Gasteiger partial charge on any atom is 0.173 e. The van der Waals surface area contributed by atoms with Gasteiger partial charge in [-0.2, -0.15) is 0 Å². The third-order valence-corrected chi connectivity index (χ3v) is 3.03. The van der Waals surface area contributed by atoms with Crippen molar-refractivity contribution in [2.75, 3.05) is 14.2 Å². The second-order valence-corrected chi connectivity index (χ2v) is 4.24. The number of methoxy groups -OCH3 is 2. The highest BCUT2D eigenvalue weighted by molar-refractivity contribution is 5.30. The first-order valence-corrected chi connectivity index (χ1v) is 5.70. The summed E-state index contributed by atoms with van der Waals surface area (Å²) in [6.45, 7) is 4.21. The molecule has 17 heavy (non-hydrogen) atoms. The van der Waals surface area contributed by atoms with E-state index in [-0.39, 0.29) is 12.3 Å². The molecule has 0 aliphatic heterocycles. The van der Waals surface area contributed by atoms with Gasteiger partial charge in [-0.25, -0.2) is 0 Å². The molecule has 4 heteroatoms. The topological polar surface area (TPSA) is 56.5 Å². The molecule has 1 rings (SSSR count). The average Bonchev–Trinajstić information content (AvgIpc) is 2.33. The highest BCUT2D eigenvalue weighted by Crippen LogP contribution is 2.13. The van der Waals surface area contributed by atoms with Crippen LogP contribution in [0.5, 0.6) is 0 Å². The van der Waals surface area contributed by atoms with Gasteiger partial charge in [0.2, 0.25) is 0 Å². The molecule has 4 nitrogen and oxygen atoms in total. The van der Waals surface area contributed by atoms with Crippen molar-refractivity contribution < 1.29 is 9.47 Å². The molecule has 0 spiro atoms. The number of rotatable bonds is 6. The van der Waals surface area contributed by atoms with E-state index in [0.717, 1.165) is 6.42 Å². The summed E-state index contributed by atoms with van der Waals surface area (Å²) in [5, 5.41) is 0. The molecule has 0 fully saturated rings. The Kier molecular flexibility index (Phi) is 5.58. The minimum Gasteiger partial charge on any atom is -0.354 e. The number of hydrazine groups is 1. The number of aryl methyl sites for hydroxylation is 2. The third kappa shape index (κ3) is 3.78. The van der Waals surface area contributed by atoms with Crippen LogP contribution in [0, 0.1) is 13.8 Å². The molecule has 1 unspecified atom stereocenters. The zero-order valence-corrected chi connectivity index (χ0v) is 11.0. The van der Waals surface area contributed by atoms with Crippen molar-refractivity contribution in [3.63, 3.8) is 0 Å². The monoisotopic (exact) mass is 238 g/mol. The molecule has 1 atom stereocenters. The number of benzene rings is 1. The van der Waals surface area contributed by atoms with Crippen LogP contribution in [0.4, 0.5) is 0 Å². The predicted octanol–water partition coefficient (Wildman–Crippen LogP) is 1.30. The van der Waals surface area contributed by atoms with E-state index in [1.165, 1.54) is 16.7 Å². The third-order valence-electron chi connectivity index (χ3n) is 3.03. The molecular weight excluding hydrogens is 216 g/mol. The first-order valence-electron chi connectivity index (χ1n) is 5.70. The van der Waals surface area contributed by atoms with Gasteiger partial charge < -0.3 is 9.47 Å². The lowest BCUT2D eigenvalue weighted by molar-refractivity contribution is -0.122. The van der Waals surface area contributed by atoms with Crippen LogP contribution in [0.25, 0.3) is 0 Å². The van der Waals surface area contributed by atoms with Gasteiger partial charge in [-0.15, -0.1) is 0 Å². The summed E-state index contributed by atoms with van der Waals surface area (Å²) in [7, 11) is 3.22. The number of ether oxygens (including phenoxy) is 2. The van der Waals surface area contributed by atoms with Crippen molar-refractivity contribution in [2.24, 2.45) is 5.84 Å². The second kappa shape index (κ2) is 6.71. The van der Waals surface area contributed by atoms with Gasteiger partial charge >= 0.3 is 0 Å². The standard InChI is InChI=1S/C13H22N2O2/c1-9-5-6-11(7-10(9)2)8-12(15-14)13(16-3)17-4/h5-7,12-13,15H,8,14H2,1-4H3. The summed E-state index contributed by atoms with van der Waals surface area (Å²) in [4.78, 5) is 0. The first-order chi connectivity index (χ1) is 8.12. The minimum absolute atomic E-state index is 0.0629. The van der Waals surface area contributed by atoms with Crippen LogP contribution in [-0.4, -0.2) is 26.6 Å². The molecule has 0 aromatic heterocycles. The van der Waals surface area contributed by atoms with Gasteiger partial charge in [0.25, 0.3) is 0 Å². The van der Waals surface area contributed by atoms with E-state index < -0.39 is 0 Å². The molecule has 0 bridgehead atoms. The number of hydrogen-bond donors (Lipinski definition) is 2. The second-order valence-electron chi connectivity index (χ2n) is 4.24. The van der Waals surface area contributed by atoms with Crippen molar-refractivity contribution in [1.82, 2.24) is 5.43 Å². The van der Waals surface area contributed by atoms with Crippen LogP contribution >= 0.6 is 0 Å². The summed E-state index contributed by atoms with van der Waals surface area (Å²) >= 11 is 0. The molecule has 1 aromatic rings. The van der Waals surface area contributed by atoms with Crippen LogP contribution in [0.3, 0.4) is 0 Å². The van der Waals surface area contributed by atoms with Gasteiger partial charge in [0, 0.05) is 14.2 Å². The Hall–Kier alpha value is -0.940.